The summed E-state index contributed by atoms with van der Waals surface area (Å²) in [6.07, 6.45) is 2.94. The van der Waals surface area contributed by atoms with Gasteiger partial charge in [-0.15, -0.1) is 0 Å². The molecule has 58 valence electrons. The van der Waals surface area contributed by atoms with Crippen LogP contribution in [0.25, 0.3) is 0 Å². The molecule has 11 heavy (non-hydrogen) atoms. The van der Waals surface area contributed by atoms with E-state index < -0.39 is 0 Å². The third-order valence-corrected chi connectivity index (χ3v) is 1.40. The van der Waals surface area contributed by atoms with Crippen LogP contribution >= 0.6 is 11.6 Å². The minimum atomic E-state index is -0.181. The number of hydrogen-bond acceptors (Lipinski definition) is 2. The van der Waals surface area contributed by atoms with E-state index in [4.69, 9.17) is 11.6 Å². The van der Waals surface area contributed by atoms with Crippen LogP contribution < -0.4 is 5.32 Å². The highest BCUT2D eigenvalue weighted by Crippen LogP contribution is 2.07. The van der Waals surface area contributed by atoms with Crippen molar-refractivity contribution in [2.45, 2.75) is 0 Å². The second-order valence-electron chi connectivity index (χ2n) is 1.97. The summed E-state index contributed by atoms with van der Waals surface area (Å²) in [5, 5.41) is 2.93. The van der Waals surface area contributed by atoms with E-state index >= 15 is 0 Å². The first kappa shape index (κ1) is 8.01. The van der Waals surface area contributed by atoms with Crippen molar-refractivity contribution in [1.82, 2.24) is 10.3 Å². The summed E-state index contributed by atoms with van der Waals surface area (Å²) in [6, 6.07) is 1.56. The lowest BCUT2D eigenvalue weighted by Gasteiger charge is -1.97. The number of amides is 1. The van der Waals surface area contributed by atoms with Crippen LogP contribution in [0.1, 0.15) is 10.4 Å². The second kappa shape index (κ2) is 3.34. The van der Waals surface area contributed by atoms with Gasteiger partial charge in [0.25, 0.3) is 5.91 Å². The first-order valence-corrected chi connectivity index (χ1v) is 3.44. The maximum absolute atomic E-state index is 11.0. The van der Waals surface area contributed by atoms with Crippen LogP contribution in [0.4, 0.5) is 0 Å². The van der Waals surface area contributed by atoms with E-state index in [2.05, 4.69) is 10.3 Å². The molecule has 3 nitrogen and oxygen atoms in total. The zero-order valence-corrected chi connectivity index (χ0v) is 6.72. The molecule has 0 aliphatic heterocycles. The molecule has 1 heterocycles. The molecule has 0 saturated heterocycles. The number of halogens is 1. The third-order valence-electron chi connectivity index (χ3n) is 1.19. The summed E-state index contributed by atoms with van der Waals surface area (Å²) in [4.78, 5) is 14.7. The van der Waals surface area contributed by atoms with E-state index in [0.717, 1.165) is 0 Å². The summed E-state index contributed by atoms with van der Waals surface area (Å²) < 4.78 is 0. The number of carbonyl (C=O) groups is 1. The summed E-state index contributed by atoms with van der Waals surface area (Å²) in [5.41, 5.74) is 0.472. The van der Waals surface area contributed by atoms with Gasteiger partial charge in [-0.1, -0.05) is 11.6 Å². The van der Waals surface area contributed by atoms with Crippen molar-refractivity contribution in [3.63, 3.8) is 0 Å². The van der Waals surface area contributed by atoms with Crippen LogP contribution in [0.2, 0.25) is 5.02 Å². The smallest absolute Gasteiger partial charge is 0.252 e. The van der Waals surface area contributed by atoms with E-state index in [9.17, 15) is 4.79 Å². The lowest BCUT2D eigenvalue weighted by molar-refractivity contribution is 0.0962. The largest absolute Gasteiger partial charge is 0.355 e. The molecule has 0 aliphatic rings. The highest BCUT2D eigenvalue weighted by molar-refractivity contribution is 6.30. The Morgan fingerprint density at radius 1 is 1.64 bits per heavy atom. The van der Waals surface area contributed by atoms with Gasteiger partial charge in [0, 0.05) is 19.4 Å². The van der Waals surface area contributed by atoms with Crippen molar-refractivity contribution in [3.8, 4) is 0 Å². The number of pyridine rings is 1. The Bertz CT molecular complexity index is 275. The third kappa shape index (κ3) is 1.91. The lowest BCUT2D eigenvalue weighted by atomic mass is 10.3. The molecule has 1 N–H and O–H groups in total. The first-order chi connectivity index (χ1) is 5.24. The van der Waals surface area contributed by atoms with Crippen molar-refractivity contribution in [2.24, 2.45) is 0 Å². The zero-order chi connectivity index (χ0) is 8.27. The van der Waals surface area contributed by atoms with E-state index in [1.807, 2.05) is 0 Å². The maximum Gasteiger partial charge on any atom is 0.252 e. The SMILES string of the molecule is CNC(=O)c1cncc(Cl)c1. The molecule has 0 unspecified atom stereocenters. The summed E-state index contributed by atoms with van der Waals surface area (Å²) in [5.74, 6) is -0.181. The molecule has 1 aromatic rings. The Labute approximate surface area is 69.4 Å². The van der Waals surface area contributed by atoms with Crippen LogP contribution in [0.5, 0.6) is 0 Å². The quantitative estimate of drug-likeness (QED) is 0.686. The molecular weight excluding hydrogens is 164 g/mol. The van der Waals surface area contributed by atoms with Crippen LogP contribution in [-0.4, -0.2) is 17.9 Å². The summed E-state index contributed by atoms with van der Waals surface area (Å²) in [7, 11) is 1.56. The molecule has 0 atom stereocenters. The molecule has 0 aromatic carbocycles. The Balaban J connectivity index is 2.96. The van der Waals surface area contributed by atoms with E-state index in [0.29, 0.717) is 10.6 Å². The van der Waals surface area contributed by atoms with Gasteiger partial charge in [-0.2, -0.15) is 0 Å². The fourth-order valence-electron chi connectivity index (χ4n) is 0.680. The van der Waals surface area contributed by atoms with Crippen LogP contribution in [0, 0.1) is 0 Å². The fraction of sp³-hybridized carbons (Fsp3) is 0.143. The van der Waals surface area contributed by atoms with Gasteiger partial charge in [-0.3, -0.25) is 9.78 Å². The Morgan fingerprint density at radius 3 is 2.91 bits per heavy atom. The van der Waals surface area contributed by atoms with Crippen LogP contribution in [0.3, 0.4) is 0 Å². The van der Waals surface area contributed by atoms with Gasteiger partial charge >= 0.3 is 0 Å². The molecule has 0 bridgehead atoms. The summed E-state index contributed by atoms with van der Waals surface area (Å²) >= 11 is 5.60. The predicted molar refractivity (Wildman–Crippen MR) is 42.6 cm³/mol. The molecule has 0 saturated carbocycles. The first-order valence-electron chi connectivity index (χ1n) is 3.06. The van der Waals surface area contributed by atoms with Crippen molar-refractivity contribution in [2.75, 3.05) is 7.05 Å². The Kier molecular flexibility index (Phi) is 2.44. The van der Waals surface area contributed by atoms with Crippen molar-refractivity contribution in [3.05, 3.63) is 29.0 Å². The maximum atomic E-state index is 11.0. The Morgan fingerprint density at radius 2 is 2.36 bits per heavy atom. The van der Waals surface area contributed by atoms with E-state index in [-0.39, 0.29) is 5.91 Å². The van der Waals surface area contributed by atoms with Gasteiger partial charge in [-0.05, 0) is 6.07 Å². The van der Waals surface area contributed by atoms with Crippen molar-refractivity contribution in [1.29, 1.82) is 0 Å². The topological polar surface area (TPSA) is 42.0 Å². The summed E-state index contributed by atoms with van der Waals surface area (Å²) in [6.45, 7) is 0. The van der Waals surface area contributed by atoms with E-state index in [1.165, 1.54) is 12.4 Å². The number of hydrogen-bond donors (Lipinski definition) is 1. The molecule has 1 rings (SSSR count). The Hall–Kier alpha value is -1.09. The van der Waals surface area contributed by atoms with Gasteiger partial charge in [0.05, 0.1) is 10.6 Å². The van der Waals surface area contributed by atoms with E-state index in [1.54, 1.807) is 13.1 Å². The highest BCUT2D eigenvalue weighted by atomic mass is 35.5. The number of rotatable bonds is 1. The molecule has 0 spiro atoms. The number of nitrogens with zero attached hydrogens (tertiary/aromatic N) is 1. The standard InChI is InChI=1S/C7H7ClN2O/c1-9-7(11)5-2-6(8)4-10-3-5/h2-4H,1H3,(H,9,11). The highest BCUT2D eigenvalue weighted by Gasteiger charge is 2.02. The average Bonchev–Trinajstić information content (AvgIpc) is 2.03. The average molecular weight is 171 g/mol. The van der Waals surface area contributed by atoms with Crippen molar-refractivity contribution >= 4 is 17.5 Å². The van der Waals surface area contributed by atoms with Gasteiger partial charge < -0.3 is 5.32 Å². The minimum absolute atomic E-state index is 0.181. The number of aromatic nitrogens is 1. The molecule has 0 fully saturated rings. The normalized spacial score (nSPS) is 9.27. The number of nitrogens with one attached hydrogen (secondary N) is 1. The fourth-order valence-corrected chi connectivity index (χ4v) is 0.854. The van der Waals surface area contributed by atoms with Gasteiger partial charge in [0.1, 0.15) is 0 Å². The molecule has 4 heteroatoms. The van der Waals surface area contributed by atoms with Gasteiger partial charge in [0.15, 0.2) is 0 Å². The number of carbonyl (C=O) groups excluding carboxylic acids is 1. The van der Waals surface area contributed by atoms with Gasteiger partial charge in [0.2, 0.25) is 0 Å². The lowest BCUT2D eigenvalue weighted by Crippen LogP contribution is -2.17. The second-order valence-corrected chi connectivity index (χ2v) is 2.41. The molecule has 1 amide bonds. The monoisotopic (exact) mass is 170 g/mol. The zero-order valence-electron chi connectivity index (χ0n) is 5.97. The molecule has 0 aliphatic carbocycles. The van der Waals surface area contributed by atoms with Crippen LogP contribution in [-0.2, 0) is 0 Å². The molecule has 0 radical (unpaired) electrons. The molecule has 1 aromatic heterocycles. The minimum Gasteiger partial charge on any atom is -0.355 e. The van der Waals surface area contributed by atoms with Crippen LogP contribution in [0.15, 0.2) is 18.5 Å². The predicted octanol–water partition coefficient (Wildman–Crippen LogP) is 1.09. The van der Waals surface area contributed by atoms with Crippen molar-refractivity contribution < 1.29 is 4.79 Å². The molecular formula is C7H7ClN2O. The van der Waals surface area contributed by atoms with Gasteiger partial charge in [-0.25, -0.2) is 0 Å².